The zero-order valence-corrected chi connectivity index (χ0v) is 12.2. The van der Waals surface area contributed by atoms with Gasteiger partial charge in [0.25, 0.3) is 0 Å². The van der Waals surface area contributed by atoms with Crippen molar-refractivity contribution in [1.29, 1.82) is 0 Å². The summed E-state index contributed by atoms with van der Waals surface area (Å²) in [7, 11) is 0. The van der Waals surface area contributed by atoms with Gasteiger partial charge in [0.2, 0.25) is 5.95 Å². The lowest BCUT2D eigenvalue weighted by Gasteiger charge is -2.32. The van der Waals surface area contributed by atoms with Crippen molar-refractivity contribution in [2.45, 2.75) is 52.5 Å². The lowest BCUT2D eigenvalue weighted by atomic mass is 10.1. The first-order valence-corrected chi connectivity index (χ1v) is 7.18. The lowest BCUT2D eigenvalue weighted by molar-refractivity contribution is 0.530. The Morgan fingerprint density at radius 3 is 2.68 bits per heavy atom. The molecule has 1 aliphatic carbocycles. The van der Waals surface area contributed by atoms with E-state index in [1.165, 1.54) is 25.7 Å². The van der Waals surface area contributed by atoms with Gasteiger partial charge in [0.1, 0.15) is 5.82 Å². The molecule has 0 atom stereocenters. The number of aromatic nitrogens is 2. The molecule has 0 bridgehead atoms. The molecule has 5 nitrogen and oxygen atoms in total. The maximum atomic E-state index is 5.43. The number of nitrogens with two attached hydrogens (primary N) is 1. The van der Waals surface area contributed by atoms with E-state index in [9.17, 15) is 0 Å². The maximum Gasteiger partial charge on any atom is 0.239 e. The summed E-state index contributed by atoms with van der Waals surface area (Å²) < 4.78 is 0. The fourth-order valence-electron chi connectivity index (χ4n) is 2.81. The van der Waals surface area contributed by atoms with Crippen molar-refractivity contribution in [3.05, 3.63) is 11.8 Å². The highest BCUT2D eigenvalue weighted by Gasteiger charge is 2.25. The Morgan fingerprint density at radius 2 is 2.11 bits per heavy atom. The number of hydrogen-bond acceptors (Lipinski definition) is 5. The number of nitrogens with one attached hydrogen (secondary N) is 1. The smallest absolute Gasteiger partial charge is 0.239 e. The molecule has 2 rings (SSSR count). The number of rotatable bonds is 5. The second-order valence-electron chi connectivity index (χ2n) is 5.83. The molecule has 19 heavy (non-hydrogen) atoms. The minimum Gasteiger partial charge on any atom is -0.353 e. The molecule has 0 saturated heterocycles. The highest BCUT2D eigenvalue weighted by molar-refractivity contribution is 5.49. The summed E-state index contributed by atoms with van der Waals surface area (Å²) in [5, 5.41) is 0. The van der Waals surface area contributed by atoms with Crippen LogP contribution in [0.1, 0.15) is 45.1 Å². The zero-order chi connectivity index (χ0) is 13.8. The van der Waals surface area contributed by atoms with Crippen LogP contribution in [0.25, 0.3) is 0 Å². The summed E-state index contributed by atoms with van der Waals surface area (Å²) in [5.74, 6) is 7.57. The Hall–Kier alpha value is -1.36. The molecule has 5 heteroatoms. The van der Waals surface area contributed by atoms with Crippen molar-refractivity contribution in [2.24, 2.45) is 11.8 Å². The maximum absolute atomic E-state index is 5.43. The fourth-order valence-corrected chi connectivity index (χ4v) is 2.81. The predicted octanol–water partition coefficient (Wildman–Crippen LogP) is 2.48. The molecule has 0 aromatic carbocycles. The number of nitrogens with zero attached hydrogens (tertiary/aromatic N) is 3. The van der Waals surface area contributed by atoms with E-state index in [0.29, 0.717) is 17.9 Å². The minimum atomic E-state index is 0.493. The molecule has 1 aliphatic rings. The molecule has 1 saturated carbocycles. The number of hydrogen-bond donors (Lipinski definition) is 2. The van der Waals surface area contributed by atoms with Gasteiger partial charge in [0, 0.05) is 24.3 Å². The minimum absolute atomic E-state index is 0.493. The monoisotopic (exact) mass is 263 g/mol. The highest BCUT2D eigenvalue weighted by Crippen LogP contribution is 2.30. The fraction of sp³-hybridized carbons (Fsp3) is 0.714. The van der Waals surface area contributed by atoms with Crippen LogP contribution in [-0.4, -0.2) is 22.6 Å². The van der Waals surface area contributed by atoms with Gasteiger partial charge in [-0.1, -0.05) is 26.7 Å². The van der Waals surface area contributed by atoms with Crippen LogP contribution in [0, 0.1) is 12.8 Å². The van der Waals surface area contributed by atoms with Crippen LogP contribution >= 0.6 is 0 Å². The van der Waals surface area contributed by atoms with E-state index in [1.54, 1.807) is 0 Å². The van der Waals surface area contributed by atoms with Gasteiger partial charge in [-0.3, -0.25) is 5.43 Å². The van der Waals surface area contributed by atoms with Crippen molar-refractivity contribution in [1.82, 2.24) is 9.97 Å². The van der Waals surface area contributed by atoms with E-state index in [4.69, 9.17) is 5.84 Å². The summed E-state index contributed by atoms with van der Waals surface area (Å²) in [6.45, 7) is 7.60. The van der Waals surface area contributed by atoms with Crippen LogP contribution in [-0.2, 0) is 0 Å². The third kappa shape index (κ3) is 3.35. The summed E-state index contributed by atoms with van der Waals surface area (Å²) in [6, 6.07) is 0.613. The van der Waals surface area contributed by atoms with Crippen LogP contribution in [0.15, 0.2) is 6.20 Å². The Bertz CT molecular complexity index is 412. The van der Waals surface area contributed by atoms with Gasteiger partial charge in [-0.05, 0) is 25.7 Å². The average molecular weight is 263 g/mol. The second kappa shape index (κ2) is 6.19. The van der Waals surface area contributed by atoms with Crippen molar-refractivity contribution in [2.75, 3.05) is 16.9 Å². The van der Waals surface area contributed by atoms with Crippen LogP contribution in [0.2, 0.25) is 0 Å². The third-order valence-electron chi connectivity index (χ3n) is 3.67. The standard InChI is InChI=1S/C14H25N5/c1-10(2)9-19(12-6-4-5-7-12)13-11(3)8-16-14(17-13)18-15/h8,10,12H,4-7,9,15H2,1-3H3,(H,16,17,18). The van der Waals surface area contributed by atoms with Gasteiger partial charge in [-0.15, -0.1) is 0 Å². The first kappa shape index (κ1) is 14.1. The molecule has 1 heterocycles. The van der Waals surface area contributed by atoms with E-state index in [-0.39, 0.29) is 0 Å². The van der Waals surface area contributed by atoms with E-state index >= 15 is 0 Å². The van der Waals surface area contributed by atoms with Crippen LogP contribution < -0.4 is 16.2 Å². The van der Waals surface area contributed by atoms with E-state index in [0.717, 1.165) is 17.9 Å². The van der Waals surface area contributed by atoms with E-state index < -0.39 is 0 Å². The molecule has 0 spiro atoms. The van der Waals surface area contributed by atoms with E-state index in [2.05, 4.69) is 41.1 Å². The number of aryl methyl sites for hydroxylation is 1. The molecule has 1 fully saturated rings. The van der Waals surface area contributed by atoms with Crippen LogP contribution in [0.4, 0.5) is 11.8 Å². The molecular weight excluding hydrogens is 238 g/mol. The Morgan fingerprint density at radius 1 is 1.42 bits per heavy atom. The van der Waals surface area contributed by atoms with Crippen molar-refractivity contribution < 1.29 is 0 Å². The van der Waals surface area contributed by atoms with E-state index in [1.807, 2.05) is 6.20 Å². The predicted molar refractivity (Wildman–Crippen MR) is 79.0 cm³/mol. The summed E-state index contributed by atoms with van der Waals surface area (Å²) >= 11 is 0. The number of nitrogen functional groups attached to an aromatic ring is 1. The van der Waals surface area contributed by atoms with Gasteiger partial charge >= 0.3 is 0 Å². The van der Waals surface area contributed by atoms with Gasteiger partial charge in [0.15, 0.2) is 0 Å². The van der Waals surface area contributed by atoms with Gasteiger partial charge in [-0.25, -0.2) is 10.8 Å². The van der Waals surface area contributed by atoms with Crippen molar-refractivity contribution in [3.8, 4) is 0 Å². The Kier molecular flexibility index (Phi) is 4.58. The second-order valence-corrected chi connectivity index (χ2v) is 5.83. The Labute approximate surface area is 115 Å². The molecule has 1 aromatic rings. The first-order chi connectivity index (χ1) is 9.11. The highest BCUT2D eigenvalue weighted by atomic mass is 15.3. The average Bonchev–Trinajstić information content (AvgIpc) is 2.90. The molecule has 1 aromatic heterocycles. The molecule has 0 radical (unpaired) electrons. The first-order valence-electron chi connectivity index (χ1n) is 7.18. The largest absolute Gasteiger partial charge is 0.353 e. The van der Waals surface area contributed by atoms with Gasteiger partial charge in [0.05, 0.1) is 0 Å². The summed E-state index contributed by atoms with van der Waals surface area (Å²) in [6.07, 6.45) is 7.03. The van der Waals surface area contributed by atoms with Gasteiger partial charge < -0.3 is 4.90 Å². The van der Waals surface area contributed by atoms with Crippen LogP contribution in [0.5, 0.6) is 0 Å². The molecule has 106 valence electrons. The normalized spacial score (nSPS) is 16.1. The van der Waals surface area contributed by atoms with Crippen LogP contribution in [0.3, 0.4) is 0 Å². The summed E-state index contributed by atoms with van der Waals surface area (Å²) in [5.41, 5.74) is 3.66. The lowest BCUT2D eigenvalue weighted by Crippen LogP contribution is -2.37. The van der Waals surface area contributed by atoms with Crippen molar-refractivity contribution >= 4 is 11.8 Å². The zero-order valence-electron chi connectivity index (χ0n) is 12.2. The van der Waals surface area contributed by atoms with Crippen molar-refractivity contribution in [3.63, 3.8) is 0 Å². The third-order valence-corrected chi connectivity index (χ3v) is 3.67. The molecular formula is C14H25N5. The quantitative estimate of drug-likeness (QED) is 0.631. The number of anilines is 2. The molecule has 0 unspecified atom stereocenters. The number of hydrazine groups is 1. The van der Waals surface area contributed by atoms with Gasteiger partial charge in [-0.2, -0.15) is 4.98 Å². The topological polar surface area (TPSA) is 67.1 Å². The Balaban J connectivity index is 2.30. The molecule has 0 aliphatic heterocycles. The summed E-state index contributed by atoms with van der Waals surface area (Å²) in [4.78, 5) is 11.2. The SMILES string of the molecule is Cc1cnc(NN)nc1N(CC(C)C)C1CCCC1. The molecule has 3 N–H and O–H groups in total. The molecule has 0 amide bonds.